The van der Waals surface area contributed by atoms with E-state index in [2.05, 4.69) is 5.16 Å². The Labute approximate surface area is 112 Å². The van der Waals surface area contributed by atoms with Crippen LogP contribution in [0, 0.1) is 0 Å². The number of hydrogen-bond acceptors (Lipinski definition) is 7. The number of nitrogens with two attached hydrogens (primary N) is 1. The average molecular weight is 293 g/mol. The van der Waals surface area contributed by atoms with Crippen molar-refractivity contribution in [3.8, 4) is 0 Å². The van der Waals surface area contributed by atoms with Gasteiger partial charge in [-0.25, -0.2) is 10.3 Å². The highest BCUT2D eigenvalue weighted by Crippen LogP contribution is 2.22. The van der Waals surface area contributed by atoms with Crippen LogP contribution in [0.4, 0.5) is 0 Å². The van der Waals surface area contributed by atoms with Gasteiger partial charge < -0.3 is 25.9 Å². The lowest BCUT2D eigenvalue weighted by Gasteiger charge is -2.27. The molecule has 0 spiro atoms. The summed E-state index contributed by atoms with van der Waals surface area (Å²) in [6.07, 6.45) is -2.10. The van der Waals surface area contributed by atoms with E-state index < -0.39 is 42.9 Å². The fourth-order valence-corrected chi connectivity index (χ4v) is 1.32. The Morgan fingerprint density at radius 1 is 1.25 bits per heavy atom. The van der Waals surface area contributed by atoms with Crippen LogP contribution in [0.5, 0.6) is 0 Å². The molecular formula is C9H15N3O8. The van der Waals surface area contributed by atoms with Gasteiger partial charge in [0, 0.05) is 6.42 Å². The number of carbonyl (C=O) groups is 3. The molecule has 0 aromatic heterocycles. The predicted molar refractivity (Wildman–Crippen MR) is 61.1 cm³/mol. The van der Waals surface area contributed by atoms with Crippen molar-refractivity contribution < 1.29 is 39.7 Å². The Morgan fingerprint density at radius 2 is 1.85 bits per heavy atom. The molecule has 1 amide bonds. The molecule has 0 heterocycles. The van der Waals surface area contributed by atoms with Crippen LogP contribution in [0.3, 0.4) is 0 Å². The van der Waals surface area contributed by atoms with Gasteiger partial charge >= 0.3 is 11.9 Å². The lowest BCUT2D eigenvalue weighted by atomic mass is 9.94. The molecule has 0 saturated carbocycles. The van der Waals surface area contributed by atoms with Crippen LogP contribution >= 0.6 is 0 Å². The monoisotopic (exact) mass is 293 g/mol. The summed E-state index contributed by atoms with van der Waals surface area (Å²) in [6.45, 7) is -0.395. The molecule has 1 atom stereocenters. The highest BCUT2D eigenvalue weighted by molar-refractivity contribution is 5.90. The van der Waals surface area contributed by atoms with Gasteiger partial charge in [-0.3, -0.25) is 14.8 Å². The SMILES string of the molecule is N/C(CCOC(CC(=O)O)(CC(=O)NO)C(=O)O)=N/O. The molecule has 11 heteroatoms. The average Bonchev–Trinajstić information content (AvgIpc) is 2.36. The van der Waals surface area contributed by atoms with E-state index in [0.29, 0.717) is 0 Å². The normalized spacial score (nSPS) is 14.3. The minimum Gasteiger partial charge on any atom is -0.481 e. The molecule has 0 aromatic rings. The zero-order valence-corrected chi connectivity index (χ0v) is 10.3. The third-order valence-corrected chi connectivity index (χ3v) is 2.26. The highest BCUT2D eigenvalue weighted by Gasteiger charge is 2.44. The molecule has 0 aliphatic heterocycles. The summed E-state index contributed by atoms with van der Waals surface area (Å²) < 4.78 is 4.92. The van der Waals surface area contributed by atoms with Crippen molar-refractivity contribution in [2.24, 2.45) is 10.9 Å². The van der Waals surface area contributed by atoms with Crippen LogP contribution in [-0.4, -0.2) is 56.5 Å². The van der Waals surface area contributed by atoms with Crippen molar-refractivity contribution in [3.63, 3.8) is 0 Å². The lowest BCUT2D eigenvalue weighted by molar-refractivity contribution is -0.176. The van der Waals surface area contributed by atoms with Crippen LogP contribution in [0.2, 0.25) is 0 Å². The van der Waals surface area contributed by atoms with E-state index in [4.69, 9.17) is 31.1 Å². The van der Waals surface area contributed by atoms with Crippen molar-refractivity contribution in [2.45, 2.75) is 24.9 Å². The Morgan fingerprint density at radius 3 is 2.25 bits per heavy atom. The zero-order valence-electron chi connectivity index (χ0n) is 10.3. The standard InChI is InChI=1S/C9H15N3O8/c10-5(11-18)1-2-20-9(8(16)17,4-7(14)15)3-6(13)12-19/h18-19H,1-4H2,(H2,10,11)(H,12,13)(H,14,15)(H,16,17). The first kappa shape index (κ1) is 17.6. The summed E-state index contributed by atoms with van der Waals surface area (Å²) in [5, 5.41) is 37.1. The smallest absolute Gasteiger partial charge is 0.337 e. The fraction of sp³-hybridized carbons (Fsp3) is 0.556. The lowest BCUT2D eigenvalue weighted by Crippen LogP contribution is -2.47. The second-order valence-corrected chi connectivity index (χ2v) is 3.77. The molecule has 11 nitrogen and oxygen atoms in total. The van der Waals surface area contributed by atoms with Crippen LogP contribution < -0.4 is 11.2 Å². The number of nitrogens with one attached hydrogen (secondary N) is 1. The molecule has 0 aliphatic rings. The third kappa shape index (κ3) is 5.49. The predicted octanol–water partition coefficient (Wildman–Crippen LogP) is -1.67. The number of hydrogen-bond donors (Lipinski definition) is 6. The molecular weight excluding hydrogens is 278 g/mol. The van der Waals surface area contributed by atoms with Crippen LogP contribution in [0.1, 0.15) is 19.3 Å². The second kappa shape index (κ2) is 7.91. The van der Waals surface area contributed by atoms with E-state index in [0.717, 1.165) is 0 Å². The Kier molecular flexibility index (Phi) is 6.96. The fourth-order valence-electron chi connectivity index (χ4n) is 1.32. The van der Waals surface area contributed by atoms with Crippen LogP contribution in [-0.2, 0) is 19.1 Å². The molecule has 20 heavy (non-hydrogen) atoms. The number of amidine groups is 1. The van der Waals surface area contributed by atoms with Gasteiger partial charge in [-0.05, 0) is 0 Å². The zero-order chi connectivity index (χ0) is 15.8. The number of ether oxygens (including phenoxy) is 1. The molecule has 0 aromatic carbocycles. The van der Waals surface area contributed by atoms with E-state index in [1.165, 1.54) is 5.48 Å². The van der Waals surface area contributed by atoms with E-state index in [-0.39, 0.29) is 12.3 Å². The molecule has 0 saturated heterocycles. The van der Waals surface area contributed by atoms with Gasteiger partial charge in [0.1, 0.15) is 5.84 Å². The number of oxime groups is 1. The maximum atomic E-state index is 11.2. The minimum absolute atomic E-state index is 0.175. The number of rotatable bonds is 9. The molecule has 0 rings (SSSR count). The van der Waals surface area contributed by atoms with Crippen LogP contribution in [0.25, 0.3) is 0 Å². The largest absolute Gasteiger partial charge is 0.481 e. The Balaban J connectivity index is 5.03. The van der Waals surface area contributed by atoms with Crippen LogP contribution in [0.15, 0.2) is 5.16 Å². The molecule has 0 aliphatic carbocycles. The summed E-state index contributed by atoms with van der Waals surface area (Å²) in [6, 6.07) is 0. The number of aliphatic carboxylic acids is 2. The molecule has 0 fully saturated rings. The van der Waals surface area contributed by atoms with E-state index in [9.17, 15) is 14.4 Å². The molecule has 0 bridgehead atoms. The van der Waals surface area contributed by atoms with Gasteiger partial charge in [0.15, 0.2) is 5.60 Å². The molecule has 7 N–H and O–H groups in total. The van der Waals surface area contributed by atoms with Gasteiger partial charge in [0.05, 0.1) is 19.4 Å². The van der Waals surface area contributed by atoms with Crippen molar-refractivity contribution >= 4 is 23.7 Å². The summed E-state index contributed by atoms with van der Waals surface area (Å²) >= 11 is 0. The third-order valence-electron chi connectivity index (χ3n) is 2.26. The van der Waals surface area contributed by atoms with Gasteiger partial charge in [-0.2, -0.15) is 0 Å². The van der Waals surface area contributed by atoms with Crippen molar-refractivity contribution in [1.82, 2.24) is 5.48 Å². The second-order valence-electron chi connectivity index (χ2n) is 3.77. The van der Waals surface area contributed by atoms with Crippen molar-refractivity contribution in [2.75, 3.05) is 6.61 Å². The first-order chi connectivity index (χ1) is 9.27. The van der Waals surface area contributed by atoms with E-state index in [1.807, 2.05) is 0 Å². The maximum Gasteiger partial charge on any atom is 0.337 e. The van der Waals surface area contributed by atoms with Crippen molar-refractivity contribution in [3.05, 3.63) is 0 Å². The summed E-state index contributed by atoms with van der Waals surface area (Å²) in [4.78, 5) is 33.0. The Hall–Kier alpha value is -2.40. The topological polar surface area (TPSA) is 192 Å². The maximum absolute atomic E-state index is 11.2. The molecule has 0 radical (unpaired) electrons. The number of carboxylic acid groups (broad SMARTS) is 2. The van der Waals surface area contributed by atoms with E-state index in [1.54, 1.807) is 0 Å². The molecule has 114 valence electrons. The first-order valence-electron chi connectivity index (χ1n) is 5.26. The van der Waals surface area contributed by atoms with Crippen molar-refractivity contribution in [1.29, 1.82) is 0 Å². The van der Waals surface area contributed by atoms with E-state index >= 15 is 0 Å². The summed E-state index contributed by atoms with van der Waals surface area (Å²) in [5.41, 5.74) is 3.97. The summed E-state index contributed by atoms with van der Waals surface area (Å²) in [7, 11) is 0. The number of hydroxylamine groups is 1. The number of carboxylic acids is 2. The Bertz CT molecular complexity index is 410. The van der Waals surface area contributed by atoms with Gasteiger partial charge in [0.2, 0.25) is 5.91 Å². The quantitative estimate of drug-likeness (QED) is 0.0947. The number of nitrogens with zero attached hydrogens (tertiary/aromatic N) is 1. The molecule has 1 unspecified atom stereocenters. The first-order valence-corrected chi connectivity index (χ1v) is 5.26. The number of amides is 1. The van der Waals surface area contributed by atoms with Gasteiger partial charge in [-0.15, -0.1) is 0 Å². The van der Waals surface area contributed by atoms with Gasteiger partial charge in [0.25, 0.3) is 0 Å². The summed E-state index contributed by atoms with van der Waals surface area (Å²) in [5.74, 6) is -4.59. The minimum atomic E-state index is -2.37. The number of carbonyl (C=O) groups excluding carboxylic acids is 1. The van der Waals surface area contributed by atoms with Gasteiger partial charge in [-0.1, -0.05) is 5.16 Å². The highest BCUT2D eigenvalue weighted by atomic mass is 16.5.